The monoisotopic (exact) mass is 1200 g/mol. The number of hydrogen-bond donors (Lipinski definition) is 0. The summed E-state index contributed by atoms with van der Waals surface area (Å²) in [6.07, 6.45) is 8.06. The first-order chi connectivity index (χ1) is 44.4. The summed E-state index contributed by atoms with van der Waals surface area (Å²) in [4.78, 5) is 0. The number of hydrogen-bond acceptors (Lipinski definition) is 2. The first-order valence-electron chi connectivity index (χ1n) is 32.1. The Balaban J connectivity index is 0.000000229. The fourth-order valence-electron chi connectivity index (χ4n) is 13.4. The van der Waals surface area contributed by atoms with Crippen LogP contribution in [-0.4, -0.2) is 0 Å². The van der Waals surface area contributed by atoms with Gasteiger partial charge in [-0.3, -0.25) is 0 Å². The maximum atomic E-state index is 7.65. The van der Waals surface area contributed by atoms with Crippen molar-refractivity contribution in [3.8, 4) is 0 Å². The molecule has 12 aromatic rings. The highest BCUT2D eigenvalue weighted by atomic mass is 31.1. The molecule has 0 fully saturated rings. The molecule has 20 rings (SSSR count). The molecule has 4 heteroatoms. The summed E-state index contributed by atoms with van der Waals surface area (Å²) >= 11 is 0. The van der Waals surface area contributed by atoms with Crippen LogP contribution in [0, 0.1) is 13.8 Å². The third kappa shape index (κ3) is 13.9. The van der Waals surface area contributed by atoms with Gasteiger partial charge in [0.2, 0.25) is 0 Å². The maximum Gasteiger partial charge on any atom is 0.144 e. The molecule has 444 valence electrons. The highest BCUT2D eigenvalue weighted by Gasteiger charge is 2.38. The van der Waals surface area contributed by atoms with Crippen LogP contribution in [0.5, 0.6) is 0 Å². The topological polar surface area (TPSA) is 18.5 Å². The first-order valence-corrected chi connectivity index (χ1v) is 34.8. The second-order valence-electron chi connectivity index (χ2n) is 24.1. The summed E-state index contributed by atoms with van der Waals surface area (Å²) in [5.74, 6) is 0. The van der Waals surface area contributed by atoms with Crippen LogP contribution in [0.2, 0.25) is 0 Å². The van der Waals surface area contributed by atoms with Crippen LogP contribution in [-0.2, 0) is 86.3 Å². The highest BCUT2D eigenvalue weighted by Crippen LogP contribution is 2.43. The van der Waals surface area contributed by atoms with Gasteiger partial charge in [0, 0.05) is 0 Å². The Morgan fingerprint density at radius 1 is 0.289 bits per heavy atom. The molecule has 0 amide bonds. The van der Waals surface area contributed by atoms with Crippen LogP contribution in [0.1, 0.15) is 89.0 Å². The summed E-state index contributed by atoms with van der Waals surface area (Å²) in [6.45, 7) is 6.33. The van der Waals surface area contributed by atoms with Crippen LogP contribution >= 0.6 is 15.8 Å². The van der Waals surface area contributed by atoms with Crippen molar-refractivity contribution >= 4 is 47.7 Å². The van der Waals surface area contributed by atoms with E-state index in [1.807, 2.05) is 6.07 Å². The lowest BCUT2D eigenvalue weighted by Gasteiger charge is -2.36. The van der Waals surface area contributed by atoms with Gasteiger partial charge in [-0.05, 0) is 208 Å². The Kier molecular flexibility index (Phi) is 19.4. The number of aryl methyl sites for hydroxylation is 10. The second kappa shape index (κ2) is 28.9. The SMILES string of the molecule is Cc1cc2c(COCc3ccccc3)cc1CCc1ccc(c(C)c1)CC2.c1ccc(P(c2ccccc2)c2cc3c(COC(c4ccccc4)(c4ccccc4)c4ccccc4)cc2CCc2ccc(c(P(c4ccccc4)c4ccccc4)c2)CC3)cc1. The predicted molar refractivity (Wildman–Crippen MR) is 381 cm³/mol. The average molecular weight is 1210 g/mol. The van der Waals surface area contributed by atoms with E-state index in [2.05, 4.69) is 311 Å². The molecule has 0 unspecified atom stereocenters. The summed E-state index contributed by atoms with van der Waals surface area (Å²) in [6, 6.07) is 112. The minimum Gasteiger partial charge on any atom is -0.372 e. The minimum atomic E-state index is -0.824. The van der Waals surface area contributed by atoms with Gasteiger partial charge in [0.25, 0.3) is 0 Å². The van der Waals surface area contributed by atoms with E-state index in [0.717, 1.165) is 68.1 Å². The van der Waals surface area contributed by atoms with E-state index < -0.39 is 21.4 Å². The summed E-state index contributed by atoms with van der Waals surface area (Å²) in [7, 11) is -1.59. The fraction of sp³-hybridized carbons (Fsp3) is 0.163. The molecule has 8 aliphatic carbocycles. The zero-order valence-corrected chi connectivity index (χ0v) is 53.6. The van der Waals surface area contributed by atoms with E-state index in [1.54, 1.807) is 0 Å². The molecule has 0 N–H and O–H groups in total. The molecule has 90 heavy (non-hydrogen) atoms. The van der Waals surface area contributed by atoms with Gasteiger partial charge in [0.15, 0.2) is 0 Å². The molecule has 2 nitrogen and oxygen atoms in total. The van der Waals surface area contributed by atoms with E-state index in [1.165, 1.54) is 104 Å². The largest absolute Gasteiger partial charge is 0.372 e. The minimum absolute atomic E-state index is 0.459. The van der Waals surface area contributed by atoms with E-state index in [4.69, 9.17) is 9.47 Å². The summed E-state index contributed by atoms with van der Waals surface area (Å²) in [5, 5.41) is 8.45. The molecule has 12 aromatic carbocycles. The van der Waals surface area contributed by atoms with Gasteiger partial charge in [-0.1, -0.05) is 297 Å². The van der Waals surface area contributed by atoms with Crippen LogP contribution in [0.25, 0.3) is 0 Å². The normalized spacial score (nSPS) is 12.8. The molecule has 0 aromatic heterocycles. The lowest BCUT2D eigenvalue weighted by Crippen LogP contribution is -2.33. The molecule has 0 radical (unpaired) electrons. The van der Waals surface area contributed by atoms with Crippen molar-refractivity contribution in [2.45, 2.75) is 90.6 Å². The Hall–Kier alpha value is -8.58. The molecule has 0 saturated carbocycles. The Morgan fingerprint density at radius 3 is 1.16 bits per heavy atom. The molecule has 0 heterocycles. The number of rotatable bonds is 16. The van der Waals surface area contributed by atoms with Gasteiger partial charge in [-0.15, -0.1) is 0 Å². The lowest BCUT2D eigenvalue weighted by molar-refractivity contribution is -0.0000960. The molecule has 0 atom stereocenters. The van der Waals surface area contributed by atoms with Crippen LogP contribution < -0.4 is 31.8 Å². The molecule has 0 spiro atoms. The van der Waals surface area contributed by atoms with Gasteiger partial charge < -0.3 is 9.47 Å². The third-order valence-corrected chi connectivity index (χ3v) is 23.3. The van der Waals surface area contributed by atoms with Gasteiger partial charge >= 0.3 is 0 Å². The van der Waals surface area contributed by atoms with Crippen molar-refractivity contribution in [1.82, 2.24) is 0 Å². The molecule has 0 saturated heterocycles. The summed E-state index contributed by atoms with van der Waals surface area (Å²) in [5.41, 5.74) is 20.6. The first kappa shape index (κ1) is 60.3. The third-order valence-electron chi connectivity index (χ3n) is 18.2. The fourth-order valence-corrected chi connectivity index (χ4v) is 18.6. The highest BCUT2D eigenvalue weighted by molar-refractivity contribution is 7.80. The van der Waals surface area contributed by atoms with Crippen molar-refractivity contribution in [2.75, 3.05) is 0 Å². The van der Waals surface area contributed by atoms with Crippen molar-refractivity contribution in [2.24, 2.45) is 0 Å². The zero-order chi connectivity index (χ0) is 60.9. The summed E-state index contributed by atoms with van der Waals surface area (Å²) < 4.78 is 13.7. The van der Waals surface area contributed by atoms with Gasteiger partial charge in [0.05, 0.1) is 19.8 Å². The maximum absolute atomic E-state index is 7.65. The van der Waals surface area contributed by atoms with Crippen LogP contribution in [0.4, 0.5) is 0 Å². The van der Waals surface area contributed by atoms with E-state index in [9.17, 15) is 0 Å². The van der Waals surface area contributed by atoms with Gasteiger partial charge in [0.1, 0.15) is 5.60 Å². The molecular weight excluding hydrogens is 1130 g/mol. The van der Waals surface area contributed by atoms with Crippen LogP contribution in [0.15, 0.2) is 303 Å². The van der Waals surface area contributed by atoms with E-state index in [0.29, 0.717) is 19.8 Å². The van der Waals surface area contributed by atoms with E-state index in [-0.39, 0.29) is 0 Å². The van der Waals surface area contributed by atoms with Crippen molar-refractivity contribution in [1.29, 1.82) is 0 Å². The Bertz CT molecular complexity index is 4100. The zero-order valence-electron chi connectivity index (χ0n) is 51.9. The second-order valence-corrected chi connectivity index (χ2v) is 28.5. The standard InChI is InChI=1S/C60H50OP2.C26H28O/c1-8-22-51(23-9-1)60(52-24-10-2-11-25-52,53-26-12-3-13-27-53)61-45-50-43-49-39-37-46-36-38-47(58(42-46)62(54-28-14-4-15-29-54)55-30-16-5-17-31-55)40-41-48(50)44-59(49)63(56-32-18-6-19-33-56)57-34-20-7-21-35-57;1-19-14-21-8-10-23(19)12-13-25-15-20(2)24(11-9-21)16-26(25)18-27-17-22-6-4-3-5-7-22/h1-36,38,42-44H,37,39-41,45H2;3-8,10,14-16H,9,11-13,17-18H2,1-2H3. The number of benzene rings is 12. The van der Waals surface area contributed by atoms with Crippen LogP contribution in [0.3, 0.4) is 0 Å². The Labute approximate surface area is 536 Å². The van der Waals surface area contributed by atoms with Crippen molar-refractivity contribution in [3.05, 3.63) is 392 Å². The van der Waals surface area contributed by atoms with Crippen molar-refractivity contribution in [3.63, 3.8) is 0 Å². The number of ether oxygens (including phenoxy) is 2. The van der Waals surface area contributed by atoms with E-state index >= 15 is 0 Å². The quantitative estimate of drug-likeness (QED) is 0.0709. The molecule has 0 aliphatic heterocycles. The average Bonchev–Trinajstić information content (AvgIpc) is 1.25. The molecular formula is C86H78O2P2. The Morgan fingerprint density at radius 2 is 0.656 bits per heavy atom. The van der Waals surface area contributed by atoms with Gasteiger partial charge in [-0.25, -0.2) is 0 Å². The molecule has 8 bridgehead atoms. The smallest absolute Gasteiger partial charge is 0.144 e. The lowest BCUT2D eigenvalue weighted by atomic mass is 9.80. The molecule has 8 aliphatic rings. The predicted octanol–water partition coefficient (Wildman–Crippen LogP) is 17.5. The van der Waals surface area contributed by atoms with Gasteiger partial charge in [-0.2, -0.15) is 0 Å². The van der Waals surface area contributed by atoms with Crippen molar-refractivity contribution < 1.29 is 9.47 Å².